The van der Waals surface area contributed by atoms with E-state index in [0.717, 1.165) is 68.4 Å². The third kappa shape index (κ3) is 15.7. The Morgan fingerprint density at radius 3 is 1.05 bits per heavy atom. The minimum Gasteiger partial charge on any atom is -0.489 e. The van der Waals surface area contributed by atoms with Crippen LogP contribution in [0.2, 0.25) is 5.04 Å². The second-order valence-electron chi connectivity index (χ2n) is 21.0. The van der Waals surface area contributed by atoms with Gasteiger partial charge in [0, 0.05) is 18.1 Å². The Bertz CT molecular complexity index is 3010. The smallest absolute Gasteiger partial charge is 0.261 e. The largest absolute Gasteiger partial charge is 0.489 e. The quantitative estimate of drug-likeness (QED) is 0.0476. The molecule has 2 atom stereocenters. The van der Waals surface area contributed by atoms with Crippen molar-refractivity contribution >= 4 is 18.7 Å². The first-order valence-corrected chi connectivity index (χ1v) is 29.0. The third-order valence-electron chi connectivity index (χ3n) is 14.0. The standard InChI is InChI=1S/C70H72O7Si/c1-54(72-51-62-42-66(75-49-58-27-15-7-16-28-58)45-67(43-62)76-50-59-29-17-8-18-30-59)63(53-71-46-61-40-64(73-47-56-23-11-5-12-24-56)44-65(41-61)74-48-57-25-13-6-14-26-57)39-55-35-37-60(38-36-55)52-77-78(70(2,3)4,68-31-19-9-20-32-68)69-33-21-10-22-34-69/h5-38,40-45,54,63H,39,46-53H2,1-4H3/t54-,63+/m0/s1. The van der Waals surface area contributed by atoms with Gasteiger partial charge in [-0.15, -0.1) is 0 Å². The fourth-order valence-corrected chi connectivity index (χ4v) is 14.3. The van der Waals surface area contributed by atoms with E-state index in [9.17, 15) is 0 Å². The van der Waals surface area contributed by atoms with Gasteiger partial charge in [0.15, 0.2) is 0 Å². The maximum Gasteiger partial charge on any atom is 0.261 e. The first-order chi connectivity index (χ1) is 38.1. The molecule has 0 spiro atoms. The lowest BCUT2D eigenvalue weighted by Gasteiger charge is -2.43. The SMILES string of the molecule is C[C@H](OCc1cc(OCc2ccccc2)cc(OCc2ccccc2)c1)[C@@H](COCc1cc(OCc2ccccc2)cc(OCc2ccccc2)c1)Cc1ccc(CO[Si](c2ccccc2)(c2ccccc2)C(C)(C)C)cc1. The molecule has 9 aromatic carbocycles. The van der Waals surface area contributed by atoms with E-state index in [-0.39, 0.29) is 17.1 Å². The van der Waals surface area contributed by atoms with Crippen molar-refractivity contribution in [2.24, 2.45) is 5.92 Å². The van der Waals surface area contributed by atoms with Crippen LogP contribution in [0.25, 0.3) is 0 Å². The van der Waals surface area contributed by atoms with Crippen molar-refractivity contribution in [2.75, 3.05) is 6.61 Å². The van der Waals surface area contributed by atoms with Gasteiger partial charge in [0.1, 0.15) is 49.4 Å². The predicted octanol–water partition coefficient (Wildman–Crippen LogP) is 15.1. The Morgan fingerprint density at radius 1 is 0.346 bits per heavy atom. The molecule has 0 saturated carbocycles. The molecule has 7 nitrogen and oxygen atoms in total. The Labute approximate surface area is 463 Å². The number of ether oxygens (including phenoxy) is 6. The van der Waals surface area contributed by atoms with Gasteiger partial charge in [0.2, 0.25) is 0 Å². The van der Waals surface area contributed by atoms with Gasteiger partial charge in [-0.25, -0.2) is 0 Å². The van der Waals surface area contributed by atoms with Crippen LogP contribution in [0.3, 0.4) is 0 Å². The van der Waals surface area contributed by atoms with Gasteiger partial charge in [-0.3, -0.25) is 0 Å². The Morgan fingerprint density at radius 2 is 0.679 bits per heavy atom. The summed E-state index contributed by atoms with van der Waals surface area (Å²) in [5.41, 5.74) is 8.58. The van der Waals surface area contributed by atoms with E-state index < -0.39 is 8.32 Å². The van der Waals surface area contributed by atoms with Crippen LogP contribution in [-0.2, 0) is 66.6 Å². The van der Waals surface area contributed by atoms with Gasteiger partial charge in [-0.1, -0.05) is 227 Å². The molecule has 0 radical (unpaired) electrons. The van der Waals surface area contributed by atoms with E-state index in [2.05, 4.69) is 173 Å². The highest BCUT2D eigenvalue weighted by atomic mass is 28.4. The maximum absolute atomic E-state index is 7.33. The Kier molecular flexibility index (Phi) is 19.4. The van der Waals surface area contributed by atoms with Crippen LogP contribution in [0.1, 0.15) is 72.2 Å². The van der Waals surface area contributed by atoms with Crippen LogP contribution in [0.4, 0.5) is 0 Å². The average molecular weight is 1050 g/mol. The zero-order valence-electron chi connectivity index (χ0n) is 45.5. The molecule has 0 aromatic heterocycles. The average Bonchev–Trinajstić information content (AvgIpc) is 3.60. The molecular weight excluding hydrogens is 981 g/mol. The molecule has 9 rings (SSSR count). The summed E-state index contributed by atoms with van der Waals surface area (Å²) in [5.74, 6) is 2.87. The van der Waals surface area contributed by atoms with Crippen molar-refractivity contribution in [1.29, 1.82) is 0 Å². The maximum atomic E-state index is 7.33. The van der Waals surface area contributed by atoms with Crippen LogP contribution in [-0.4, -0.2) is 21.0 Å². The third-order valence-corrected chi connectivity index (χ3v) is 19.0. The monoisotopic (exact) mass is 1050 g/mol. The van der Waals surface area contributed by atoms with Crippen molar-refractivity contribution in [3.05, 3.63) is 287 Å². The molecule has 0 unspecified atom stereocenters. The van der Waals surface area contributed by atoms with Gasteiger partial charge < -0.3 is 32.8 Å². The molecule has 0 N–H and O–H groups in total. The molecule has 0 bridgehead atoms. The van der Waals surface area contributed by atoms with Gasteiger partial charge in [0.25, 0.3) is 8.32 Å². The fraction of sp³-hybridized carbons (Fsp3) is 0.229. The molecule has 78 heavy (non-hydrogen) atoms. The van der Waals surface area contributed by atoms with Crippen LogP contribution in [0.15, 0.2) is 243 Å². The van der Waals surface area contributed by atoms with Gasteiger partial charge >= 0.3 is 0 Å². The summed E-state index contributed by atoms with van der Waals surface area (Å²) in [6, 6.07) is 83.4. The molecular formula is C70H72O7Si. The van der Waals surface area contributed by atoms with Gasteiger partial charge in [-0.05, 0) is 97.5 Å². The highest BCUT2D eigenvalue weighted by molar-refractivity contribution is 6.99. The summed E-state index contributed by atoms with van der Waals surface area (Å²) in [6.07, 6.45) is 0.532. The van der Waals surface area contributed by atoms with E-state index in [1.54, 1.807) is 0 Å². The summed E-state index contributed by atoms with van der Waals surface area (Å²) in [6.45, 7) is 12.5. The topological polar surface area (TPSA) is 64.6 Å². The first-order valence-electron chi connectivity index (χ1n) is 27.1. The normalized spacial score (nSPS) is 12.4. The van der Waals surface area contributed by atoms with E-state index in [1.807, 2.05) is 97.1 Å². The molecule has 8 heteroatoms. The van der Waals surface area contributed by atoms with Crippen molar-refractivity contribution in [1.82, 2.24) is 0 Å². The minimum atomic E-state index is -2.73. The number of hydrogen-bond acceptors (Lipinski definition) is 7. The first kappa shape index (κ1) is 55.0. The zero-order valence-corrected chi connectivity index (χ0v) is 46.5. The number of hydrogen-bond donors (Lipinski definition) is 0. The summed E-state index contributed by atoms with van der Waals surface area (Å²) >= 11 is 0. The van der Waals surface area contributed by atoms with E-state index in [0.29, 0.717) is 52.9 Å². The van der Waals surface area contributed by atoms with Crippen LogP contribution < -0.4 is 29.3 Å². The fourth-order valence-electron chi connectivity index (χ4n) is 9.80. The Balaban J connectivity index is 0.939. The molecule has 0 aliphatic heterocycles. The van der Waals surface area contributed by atoms with Crippen molar-refractivity contribution < 1.29 is 32.8 Å². The second-order valence-corrected chi connectivity index (χ2v) is 25.3. The molecule has 0 aliphatic rings. The molecule has 0 amide bonds. The van der Waals surface area contributed by atoms with Crippen molar-refractivity contribution in [3.63, 3.8) is 0 Å². The van der Waals surface area contributed by atoms with Gasteiger partial charge in [-0.2, -0.15) is 0 Å². The van der Waals surface area contributed by atoms with Gasteiger partial charge in [0.05, 0.1) is 32.5 Å². The minimum absolute atomic E-state index is 0.0122. The van der Waals surface area contributed by atoms with Crippen LogP contribution in [0.5, 0.6) is 23.0 Å². The number of benzene rings is 9. The lowest BCUT2D eigenvalue weighted by molar-refractivity contribution is -0.0245. The molecule has 0 fully saturated rings. The highest BCUT2D eigenvalue weighted by Gasteiger charge is 2.50. The lowest BCUT2D eigenvalue weighted by Crippen LogP contribution is -2.66. The second kappa shape index (κ2) is 27.5. The van der Waals surface area contributed by atoms with E-state index in [4.69, 9.17) is 32.8 Å². The van der Waals surface area contributed by atoms with E-state index >= 15 is 0 Å². The summed E-state index contributed by atoms with van der Waals surface area (Å²) < 4.78 is 46.4. The molecule has 398 valence electrons. The molecule has 0 saturated heterocycles. The van der Waals surface area contributed by atoms with E-state index in [1.165, 1.54) is 15.9 Å². The van der Waals surface area contributed by atoms with Crippen molar-refractivity contribution in [3.8, 4) is 23.0 Å². The van der Waals surface area contributed by atoms with Crippen LogP contribution >= 0.6 is 0 Å². The van der Waals surface area contributed by atoms with Crippen LogP contribution in [0, 0.1) is 5.92 Å². The lowest BCUT2D eigenvalue weighted by atomic mass is 9.94. The summed E-state index contributed by atoms with van der Waals surface area (Å²) in [5, 5.41) is 2.41. The summed E-state index contributed by atoms with van der Waals surface area (Å²) in [7, 11) is -2.73. The Hall–Kier alpha value is -7.72. The number of rotatable bonds is 27. The zero-order chi connectivity index (χ0) is 53.8. The highest BCUT2D eigenvalue weighted by Crippen LogP contribution is 2.38. The van der Waals surface area contributed by atoms with Crippen molar-refractivity contribution in [2.45, 2.75) is 91.5 Å². The summed E-state index contributed by atoms with van der Waals surface area (Å²) in [4.78, 5) is 0. The molecule has 0 heterocycles. The molecule has 9 aromatic rings. The predicted molar refractivity (Wildman–Crippen MR) is 316 cm³/mol. The molecule has 0 aliphatic carbocycles.